The molecule has 0 aliphatic carbocycles. The summed E-state index contributed by atoms with van der Waals surface area (Å²) in [5, 5.41) is 14.7. The zero-order valence-electron chi connectivity index (χ0n) is 31.7. The van der Waals surface area contributed by atoms with Gasteiger partial charge >= 0.3 is 0 Å². The molecule has 304 valence electrons. The quantitative estimate of drug-likeness (QED) is 0.163. The second kappa shape index (κ2) is 21.1. The number of furan rings is 1. The van der Waals surface area contributed by atoms with Crippen LogP contribution in [-0.4, -0.2) is 98.4 Å². The lowest BCUT2D eigenvalue weighted by molar-refractivity contribution is -0.141. The number of carbonyl (C=O) groups is 6. The number of amides is 6. The van der Waals surface area contributed by atoms with E-state index in [0.717, 1.165) is 17.7 Å². The third-order valence-corrected chi connectivity index (χ3v) is 10.2. The topological polar surface area (TPSA) is 214 Å². The average Bonchev–Trinajstić information content (AvgIpc) is 3.72. The number of hydrogen-bond acceptors (Lipinski definition) is 9. The second-order valence-electron chi connectivity index (χ2n) is 14.1. The van der Waals surface area contributed by atoms with Crippen molar-refractivity contribution in [3.05, 3.63) is 107 Å². The van der Waals surface area contributed by atoms with Gasteiger partial charge < -0.3 is 46.4 Å². The van der Waals surface area contributed by atoms with E-state index < -0.39 is 52.9 Å². The molecule has 6 amide bonds. The molecule has 15 nitrogen and oxygen atoms in total. The number of fused-ring (bicyclic) bond motifs is 3. The van der Waals surface area contributed by atoms with Crippen molar-refractivity contribution in [2.45, 2.75) is 57.2 Å². The molecule has 16 heteroatoms. The Morgan fingerprint density at radius 2 is 1.75 bits per heavy atom. The number of rotatable bonds is 10. The van der Waals surface area contributed by atoms with Crippen LogP contribution in [0.25, 0.3) is 0 Å². The molecule has 3 aromatic rings. The van der Waals surface area contributed by atoms with Gasteiger partial charge in [-0.1, -0.05) is 48.0 Å². The lowest BCUT2D eigenvalue weighted by Gasteiger charge is -2.42. The average molecular weight is 804 g/mol. The van der Waals surface area contributed by atoms with E-state index in [9.17, 15) is 28.8 Å². The van der Waals surface area contributed by atoms with E-state index in [2.05, 4.69) is 26.6 Å². The number of benzene rings is 2. The van der Waals surface area contributed by atoms with Gasteiger partial charge in [-0.3, -0.25) is 28.8 Å². The minimum Gasteiger partial charge on any atom is -0.469 e. The monoisotopic (exact) mass is 803 g/mol. The fraction of sp³-hybridized carbons (Fsp3) is 0.415. The number of nitrogens with zero attached hydrogens (tertiary/aromatic N) is 1. The first kappa shape index (κ1) is 42.6. The maximum Gasteiger partial charge on any atom is 0.246 e. The van der Waals surface area contributed by atoms with Crippen LogP contribution < -0.4 is 32.3 Å². The van der Waals surface area contributed by atoms with E-state index in [1.807, 2.05) is 12.1 Å². The zero-order chi connectivity index (χ0) is 40.6. The normalized spacial score (nSPS) is 22.1. The van der Waals surface area contributed by atoms with Crippen molar-refractivity contribution in [2.24, 2.45) is 11.1 Å². The van der Waals surface area contributed by atoms with Crippen LogP contribution in [0.3, 0.4) is 0 Å². The Morgan fingerprint density at radius 3 is 2.51 bits per heavy atom. The molecule has 0 radical (unpaired) electrons. The van der Waals surface area contributed by atoms with Crippen LogP contribution in [0, 0.1) is 5.41 Å². The third kappa shape index (κ3) is 12.8. The number of halogens is 1. The molecule has 2 bridgehead atoms. The van der Waals surface area contributed by atoms with Crippen molar-refractivity contribution < 1.29 is 37.9 Å². The summed E-state index contributed by atoms with van der Waals surface area (Å²) in [6.45, 7) is 1.51. The van der Waals surface area contributed by atoms with Crippen LogP contribution in [-0.2, 0) is 59.3 Å². The van der Waals surface area contributed by atoms with Crippen molar-refractivity contribution >= 4 is 47.0 Å². The van der Waals surface area contributed by atoms with Crippen LogP contribution in [0.15, 0.2) is 83.5 Å². The largest absolute Gasteiger partial charge is 0.469 e. The summed E-state index contributed by atoms with van der Waals surface area (Å²) in [7, 11) is 0. The zero-order valence-corrected chi connectivity index (χ0v) is 32.5. The van der Waals surface area contributed by atoms with Gasteiger partial charge in [0.2, 0.25) is 35.4 Å². The minimum atomic E-state index is -1.14. The van der Waals surface area contributed by atoms with Gasteiger partial charge in [-0.05, 0) is 66.6 Å². The molecule has 3 atom stereocenters. The Balaban J connectivity index is 1.44. The molecular weight excluding hydrogens is 754 g/mol. The minimum absolute atomic E-state index is 0.00921. The number of carbonyl (C=O) groups excluding carboxylic acids is 6. The highest BCUT2D eigenvalue weighted by Crippen LogP contribution is 2.35. The Kier molecular flexibility index (Phi) is 15.8. The molecule has 7 N–H and O–H groups in total. The lowest BCUT2D eigenvalue weighted by atomic mass is 9.74. The Morgan fingerprint density at radius 1 is 0.965 bits per heavy atom. The van der Waals surface area contributed by atoms with E-state index in [-0.39, 0.29) is 58.5 Å². The van der Waals surface area contributed by atoms with E-state index >= 15 is 0 Å². The van der Waals surface area contributed by atoms with Crippen LogP contribution in [0.5, 0.6) is 0 Å². The van der Waals surface area contributed by atoms with Crippen molar-refractivity contribution in [2.75, 3.05) is 45.9 Å². The van der Waals surface area contributed by atoms with Crippen LogP contribution >= 0.6 is 11.6 Å². The van der Waals surface area contributed by atoms with Crippen molar-refractivity contribution in [1.82, 2.24) is 31.5 Å². The van der Waals surface area contributed by atoms with Gasteiger partial charge in [0.25, 0.3) is 0 Å². The summed E-state index contributed by atoms with van der Waals surface area (Å²) in [5.74, 6) is -2.38. The van der Waals surface area contributed by atoms with E-state index in [1.54, 1.807) is 48.5 Å². The van der Waals surface area contributed by atoms with Gasteiger partial charge in [0.1, 0.15) is 17.8 Å². The summed E-state index contributed by atoms with van der Waals surface area (Å²) in [5.41, 5.74) is 6.42. The molecule has 1 fully saturated rings. The molecule has 1 aromatic heterocycles. The highest BCUT2D eigenvalue weighted by Gasteiger charge is 2.44. The molecule has 1 saturated heterocycles. The summed E-state index contributed by atoms with van der Waals surface area (Å²) >= 11 is 6.17. The summed E-state index contributed by atoms with van der Waals surface area (Å²) < 4.78 is 10.9. The molecule has 2 aromatic carbocycles. The molecule has 0 unspecified atom stereocenters. The molecule has 57 heavy (non-hydrogen) atoms. The van der Waals surface area contributed by atoms with Crippen LogP contribution in [0.4, 0.5) is 0 Å². The van der Waals surface area contributed by atoms with E-state index in [4.69, 9.17) is 26.5 Å². The highest BCUT2D eigenvalue weighted by atomic mass is 35.5. The van der Waals surface area contributed by atoms with Gasteiger partial charge in [-0.2, -0.15) is 0 Å². The first-order valence-corrected chi connectivity index (χ1v) is 19.4. The lowest BCUT2D eigenvalue weighted by Crippen LogP contribution is -2.58. The number of nitrogens with two attached hydrogens (primary N) is 1. The second-order valence-corrected chi connectivity index (χ2v) is 14.6. The van der Waals surface area contributed by atoms with Crippen molar-refractivity contribution in [1.29, 1.82) is 0 Å². The first-order valence-electron chi connectivity index (χ1n) is 19.1. The summed E-state index contributed by atoms with van der Waals surface area (Å²) in [6, 6.07) is 15.6. The molecule has 0 saturated carbocycles. The van der Waals surface area contributed by atoms with Gasteiger partial charge in [0, 0.05) is 62.9 Å². The van der Waals surface area contributed by atoms with Crippen LogP contribution in [0.2, 0.25) is 5.02 Å². The SMILES string of the molecule is NCCOCCNC(=O)[C@@H]1CCNC(=O)/C=C/C(=O)N2CCC[C@](Cc3ccc(Cl)cc3)(C2)C(=O)N[C@@H](Cc2ccco2)C(=O)NCc2ccccc2CC(=O)N1. The molecule has 0 spiro atoms. The fourth-order valence-corrected chi connectivity index (χ4v) is 7.10. The standard InChI is InChI=1S/C41H50ClN7O8/c42-31-10-8-28(9-11-31)25-41-15-4-19-49(27-41)37(52)13-12-35(50)44-17-14-33(38(53)45-18-22-56-21-16-43)47-36(51)23-29-5-1-2-6-30(29)26-46-39(54)34(48-40(41)55)24-32-7-3-20-57-32/h1-3,5-13,20,33-34H,4,14-19,21-27,43H2,(H,44,50)(H,45,53)(H,46,54)(H,47,51)(H,48,55)/b13-12+/t33-,34-,41-/m0/s1. The van der Waals surface area contributed by atoms with Gasteiger partial charge in [-0.15, -0.1) is 0 Å². The Hall–Kier alpha value is -5.51. The van der Waals surface area contributed by atoms with Crippen LogP contribution in [0.1, 0.15) is 41.7 Å². The van der Waals surface area contributed by atoms with Gasteiger partial charge in [0.15, 0.2) is 0 Å². The summed E-state index contributed by atoms with van der Waals surface area (Å²) in [6.07, 6.45) is 4.91. The van der Waals surface area contributed by atoms with E-state index in [0.29, 0.717) is 54.4 Å². The summed E-state index contributed by atoms with van der Waals surface area (Å²) in [4.78, 5) is 83.1. The third-order valence-electron chi connectivity index (χ3n) is 9.92. The molecule has 3 heterocycles. The predicted octanol–water partition coefficient (Wildman–Crippen LogP) is 1.32. The van der Waals surface area contributed by atoms with Gasteiger partial charge in [0.05, 0.1) is 31.3 Å². The predicted molar refractivity (Wildman–Crippen MR) is 211 cm³/mol. The van der Waals surface area contributed by atoms with Crippen molar-refractivity contribution in [3.8, 4) is 0 Å². The number of nitrogens with one attached hydrogen (secondary N) is 5. The number of ether oxygens (including phenoxy) is 1. The molecule has 5 rings (SSSR count). The number of hydrogen-bond donors (Lipinski definition) is 6. The van der Waals surface area contributed by atoms with Crippen molar-refractivity contribution in [3.63, 3.8) is 0 Å². The van der Waals surface area contributed by atoms with E-state index in [1.165, 1.54) is 11.2 Å². The van der Waals surface area contributed by atoms with Gasteiger partial charge in [-0.25, -0.2) is 0 Å². The first-order chi connectivity index (χ1) is 27.5. The maximum atomic E-state index is 14.6. The maximum absolute atomic E-state index is 14.6. The highest BCUT2D eigenvalue weighted by molar-refractivity contribution is 6.30. The molecular formula is C41H50ClN7O8. The smallest absolute Gasteiger partial charge is 0.246 e. The Labute approximate surface area is 336 Å². The fourth-order valence-electron chi connectivity index (χ4n) is 6.97. The number of piperidine rings is 1. The Bertz CT molecular complexity index is 1890. The molecule has 2 aliphatic heterocycles. The molecule has 2 aliphatic rings.